The molecule has 0 aromatic heterocycles. The molecule has 0 bridgehead atoms. The molecule has 5 aromatic carbocycles. The zero-order chi connectivity index (χ0) is 32.6. The Balaban J connectivity index is 1.27. The van der Waals surface area contributed by atoms with Crippen LogP contribution < -0.4 is 0 Å². The highest BCUT2D eigenvalue weighted by Crippen LogP contribution is 2.27. The van der Waals surface area contributed by atoms with Gasteiger partial charge < -0.3 is 0 Å². The molecule has 2 heteroatoms. The molecule has 5 rings (SSSR count). The van der Waals surface area contributed by atoms with Gasteiger partial charge >= 0.3 is 0 Å². The van der Waals surface area contributed by atoms with E-state index in [1.165, 1.54) is 33.4 Å². The zero-order valence-corrected chi connectivity index (χ0v) is 29.9. The van der Waals surface area contributed by atoms with Gasteiger partial charge in [-0.05, 0) is 81.9 Å². The van der Waals surface area contributed by atoms with Crippen molar-refractivity contribution in [3.8, 4) is 23.7 Å². The Labute approximate surface area is 278 Å². The van der Waals surface area contributed by atoms with E-state index in [9.17, 15) is 0 Å². The van der Waals surface area contributed by atoms with Crippen LogP contribution in [-0.4, -0.2) is 16.1 Å². The smallest absolute Gasteiger partial charge is 0.0695 e. The lowest BCUT2D eigenvalue weighted by molar-refractivity contribution is 1.53. The van der Waals surface area contributed by atoms with Crippen LogP contribution in [0.4, 0.5) is 0 Å². The fourth-order valence-electron chi connectivity index (χ4n) is 5.16. The van der Waals surface area contributed by atoms with Crippen LogP contribution in [0.1, 0.15) is 44.5 Å². The van der Waals surface area contributed by atoms with Crippen molar-refractivity contribution >= 4 is 27.3 Å². The van der Waals surface area contributed by atoms with Crippen LogP contribution in [0.3, 0.4) is 0 Å². The van der Waals surface area contributed by atoms with Gasteiger partial charge in [-0.1, -0.05) is 159 Å². The second-order valence-corrected chi connectivity index (χ2v) is 23.9. The highest BCUT2D eigenvalue weighted by molar-refractivity contribution is 6.82. The third-order valence-electron chi connectivity index (χ3n) is 7.30. The van der Waals surface area contributed by atoms with Crippen LogP contribution in [0.15, 0.2) is 145 Å². The lowest BCUT2D eigenvalue weighted by Crippen LogP contribution is -2.17. The van der Waals surface area contributed by atoms with Crippen molar-refractivity contribution in [1.82, 2.24) is 0 Å². The van der Waals surface area contributed by atoms with Crippen LogP contribution in [0.25, 0.3) is 11.1 Å². The number of hydrogen-bond acceptors (Lipinski definition) is 0. The molecule has 0 aliphatic heterocycles. The van der Waals surface area contributed by atoms with Gasteiger partial charge in [-0.25, -0.2) is 0 Å². The van der Waals surface area contributed by atoms with Crippen molar-refractivity contribution < 1.29 is 0 Å². The summed E-state index contributed by atoms with van der Waals surface area (Å²) in [5.41, 5.74) is 16.5. The van der Waals surface area contributed by atoms with E-state index >= 15 is 0 Å². The highest BCUT2D eigenvalue weighted by Gasteiger charge is 2.15. The minimum Gasteiger partial charge on any atom is -0.0867 e. The standard InChI is InChI=1S/C44H42Si2/c1-45(2,3)33-43(39-13-9-7-10-14-39)41-29-25-37(26-30-41)23-21-35-17-19-36(20-18-35)22-24-38-27-31-42(32-28-38)44(34-46(4,5)6)40-15-11-8-12-16-40/h7-20,25-34H,1-6H3/b43-33-,44-34-. The molecule has 0 saturated carbocycles. The summed E-state index contributed by atoms with van der Waals surface area (Å²) in [5.74, 6) is 13.3. The van der Waals surface area contributed by atoms with Gasteiger partial charge in [-0.15, -0.1) is 0 Å². The Morgan fingerprint density at radius 2 is 0.587 bits per heavy atom. The van der Waals surface area contributed by atoms with Crippen LogP contribution in [0.5, 0.6) is 0 Å². The topological polar surface area (TPSA) is 0 Å². The van der Waals surface area contributed by atoms with E-state index < -0.39 is 16.1 Å². The summed E-state index contributed by atoms with van der Waals surface area (Å²) in [4.78, 5) is 0. The molecule has 5 aromatic rings. The Hall–Kier alpha value is -4.87. The van der Waals surface area contributed by atoms with Crippen molar-refractivity contribution in [1.29, 1.82) is 0 Å². The number of benzene rings is 5. The lowest BCUT2D eigenvalue weighted by atomic mass is 9.98. The molecule has 0 spiro atoms. The van der Waals surface area contributed by atoms with E-state index in [0.717, 1.165) is 22.3 Å². The minimum absolute atomic E-state index is 0.977. The summed E-state index contributed by atoms with van der Waals surface area (Å²) >= 11 is 0. The van der Waals surface area contributed by atoms with Gasteiger partial charge in [0.05, 0.1) is 16.1 Å². The van der Waals surface area contributed by atoms with Gasteiger partial charge in [0.25, 0.3) is 0 Å². The molecule has 0 unspecified atom stereocenters. The molecule has 0 heterocycles. The maximum atomic E-state index is 3.33. The average Bonchev–Trinajstić information content (AvgIpc) is 3.05. The van der Waals surface area contributed by atoms with Gasteiger partial charge in [0.2, 0.25) is 0 Å². The summed E-state index contributed by atoms with van der Waals surface area (Å²) < 4.78 is 0. The van der Waals surface area contributed by atoms with Crippen LogP contribution in [0, 0.1) is 23.7 Å². The van der Waals surface area contributed by atoms with Crippen LogP contribution >= 0.6 is 0 Å². The SMILES string of the molecule is C[Si](C)(C)/C=C(/c1ccccc1)c1ccc(C#Cc2ccc(C#Cc3ccc(/C(=C\[Si](C)(C)C)c4ccccc4)cc3)cc2)cc1. The summed E-state index contributed by atoms with van der Waals surface area (Å²) in [6.07, 6.45) is 0. The van der Waals surface area contributed by atoms with E-state index in [1.807, 2.05) is 24.3 Å². The van der Waals surface area contributed by atoms with E-state index in [2.05, 4.69) is 184 Å². The third-order valence-corrected chi connectivity index (χ3v) is 9.61. The van der Waals surface area contributed by atoms with Gasteiger partial charge in [0.15, 0.2) is 0 Å². The van der Waals surface area contributed by atoms with Gasteiger partial charge in [0, 0.05) is 22.3 Å². The van der Waals surface area contributed by atoms with Crippen molar-refractivity contribution in [2.24, 2.45) is 0 Å². The molecular formula is C44H42Si2. The second kappa shape index (κ2) is 14.5. The molecule has 0 saturated heterocycles. The number of rotatable bonds is 6. The molecule has 0 nitrogen and oxygen atoms in total. The first kappa shape index (κ1) is 32.5. The molecule has 226 valence electrons. The van der Waals surface area contributed by atoms with E-state index in [1.54, 1.807) is 0 Å². The van der Waals surface area contributed by atoms with Crippen LogP contribution in [0.2, 0.25) is 39.3 Å². The predicted molar refractivity (Wildman–Crippen MR) is 205 cm³/mol. The van der Waals surface area contributed by atoms with Crippen molar-refractivity contribution in [3.63, 3.8) is 0 Å². The number of hydrogen-bond donors (Lipinski definition) is 0. The van der Waals surface area contributed by atoms with E-state index in [-0.39, 0.29) is 0 Å². The van der Waals surface area contributed by atoms with Crippen molar-refractivity contribution in [2.45, 2.75) is 39.3 Å². The molecular weight excluding hydrogens is 585 g/mol. The second-order valence-electron chi connectivity index (χ2n) is 13.8. The Kier molecular flexibility index (Phi) is 10.2. The Morgan fingerprint density at radius 1 is 0.348 bits per heavy atom. The maximum Gasteiger partial charge on any atom is 0.0695 e. The first-order valence-corrected chi connectivity index (χ1v) is 23.1. The highest BCUT2D eigenvalue weighted by atomic mass is 28.3. The van der Waals surface area contributed by atoms with Crippen molar-refractivity contribution in [2.75, 3.05) is 0 Å². The molecule has 0 radical (unpaired) electrons. The van der Waals surface area contributed by atoms with E-state index in [0.29, 0.717) is 0 Å². The molecule has 46 heavy (non-hydrogen) atoms. The van der Waals surface area contributed by atoms with Crippen LogP contribution in [-0.2, 0) is 0 Å². The van der Waals surface area contributed by atoms with Gasteiger partial charge in [-0.3, -0.25) is 0 Å². The minimum atomic E-state index is -1.42. The molecule has 0 atom stereocenters. The quantitative estimate of drug-likeness (QED) is 0.130. The van der Waals surface area contributed by atoms with Gasteiger partial charge in [0.1, 0.15) is 0 Å². The summed E-state index contributed by atoms with van der Waals surface area (Å²) in [6.45, 7) is 14.2. The molecule has 0 amide bonds. The Bertz CT molecular complexity index is 1790. The largest absolute Gasteiger partial charge is 0.0867 e. The monoisotopic (exact) mass is 626 g/mol. The molecule has 0 N–H and O–H groups in total. The normalized spacial score (nSPS) is 12.0. The summed E-state index contributed by atoms with van der Waals surface area (Å²) in [5, 5.41) is 0. The molecule has 0 fully saturated rings. The maximum absolute atomic E-state index is 3.33. The molecule has 0 aliphatic rings. The van der Waals surface area contributed by atoms with E-state index in [4.69, 9.17) is 0 Å². The first-order chi connectivity index (χ1) is 22.0. The third kappa shape index (κ3) is 9.56. The fraction of sp³-hybridized carbons (Fsp3) is 0.136. The average molecular weight is 627 g/mol. The van der Waals surface area contributed by atoms with Gasteiger partial charge in [-0.2, -0.15) is 0 Å². The van der Waals surface area contributed by atoms with Crippen molar-refractivity contribution in [3.05, 3.63) is 189 Å². The summed E-state index contributed by atoms with van der Waals surface area (Å²) in [6, 6.07) is 46.8. The molecule has 0 aliphatic carbocycles. The first-order valence-electron chi connectivity index (χ1n) is 15.9. The fourth-order valence-corrected chi connectivity index (χ4v) is 7.56. The predicted octanol–water partition coefficient (Wildman–Crippen LogP) is 11.1. The Morgan fingerprint density at radius 3 is 0.848 bits per heavy atom. The summed E-state index contributed by atoms with van der Waals surface area (Å²) in [7, 11) is -2.83. The zero-order valence-electron chi connectivity index (χ0n) is 27.9. The lowest BCUT2D eigenvalue weighted by Gasteiger charge is -2.16.